The molecule has 0 saturated carbocycles. The van der Waals surface area contributed by atoms with E-state index in [1.807, 2.05) is 36.5 Å². The molecule has 100 valence electrons. The van der Waals surface area contributed by atoms with Gasteiger partial charge in [0.25, 0.3) is 5.91 Å². The second kappa shape index (κ2) is 4.37. The Kier molecular flexibility index (Phi) is 2.52. The number of benzene rings is 1. The van der Waals surface area contributed by atoms with Crippen LogP contribution in [0.5, 0.6) is 0 Å². The number of fused-ring (bicyclic) bond motifs is 2. The molecule has 1 aromatic heterocycles. The summed E-state index contributed by atoms with van der Waals surface area (Å²) < 4.78 is 0. The number of para-hydroxylation sites is 1. The standard InChI is InChI=1S/C17H16N2O/c20-17-14(13-6-2-4-8-16(13)19-17)9-11-10-18-15-7-3-1-5-12(11)15/h2,4,6,8-10,18H,1,3,5,7H2,(H,19,20). The number of aryl methyl sites for hydroxylation is 1. The van der Waals surface area contributed by atoms with E-state index in [1.54, 1.807) is 0 Å². The van der Waals surface area contributed by atoms with Gasteiger partial charge in [0.2, 0.25) is 0 Å². The summed E-state index contributed by atoms with van der Waals surface area (Å²) in [5.41, 5.74) is 6.58. The third-order valence-electron chi connectivity index (χ3n) is 4.23. The molecular weight excluding hydrogens is 248 g/mol. The monoisotopic (exact) mass is 264 g/mol. The van der Waals surface area contributed by atoms with Crippen LogP contribution >= 0.6 is 0 Å². The van der Waals surface area contributed by atoms with Gasteiger partial charge in [-0.05, 0) is 49.0 Å². The summed E-state index contributed by atoms with van der Waals surface area (Å²) in [5.74, 6) is -0.00282. The van der Waals surface area contributed by atoms with Gasteiger partial charge in [0, 0.05) is 28.7 Å². The van der Waals surface area contributed by atoms with E-state index in [0.717, 1.165) is 29.7 Å². The number of hydrogen-bond donors (Lipinski definition) is 2. The average molecular weight is 264 g/mol. The van der Waals surface area contributed by atoms with Gasteiger partial charge < -0.3 is 10.3 Å². The van der Waals surface area contributed by atoms with Gasteiger partial charge in [-0.1, -0.05) is 18.2 Å². The lowest BCUT2D eigenvalue weighted by atomic mass is 9.94. The highest BCUT2D eigenvalue weighted by molar-refractivity contribution is 6.34. The number of nitrogens with one attached hydrogen (secondary N) is 2. The minimum atomic E-state index is -0.00282. The summed E-state index contributed by atoms with van der Waals surface area (Å²) in [7, 11) is 0. The molecule has 1 aliphatic carbocycles. The van der Waals surface area contributed by atoms with Crippen molar-refractivity contribution < 1.29 is 4.79 Å². The lowest BCUT2D eigenvalue weighted by Crippen LogP contribution is -2.04. The van der Waals surface area contributed by atoms with E-state index in [-0.39, 0.29) is 5.91 Å². The number of amides is 1. The lowest BCUT2D eigenvalue weighted by molar-refractivity contribution is -0.110. The maximum Gasteiger partial charge on any atom is 0.256 e. The second-order valence-electron chi connectivity index (χ2n) is 5.47. The number of H-pyrrole nitrogens is 1. The molecule has 0 bridgehead atoms. The second-order valence-corrected chi connectivity index (χ2v) is 5.47. The third kappa shape index (κ3) is 1.70. The molecule has 2 aliphatic rings. The van der Waals surface area contributed by atoms with Gasteiger partial charge in [0.1, 0.15) is 0 Å². The summed E-state index contributed by atoms with van der Waals surface area (Å²) in [6.07, 6.45) is 8.80. The SMILES string of the molecule is O=C1Nc2ccccc2C1=Cc1c[nH]c2c1CCCC2. The first-order valence-electron chi connectivity index (χ1n) is 7.14. The molecule has 2 aromatic rings. The van der Waals surface area contributed by atoms with Crippen molar-refractivity contribution in [2.45, 2.75) is 25.7 Å². The first-order chi connectivity index (χ1) is 9.83. The summed E-state index contributed by atoms with van der Waals surface area (Å²) in [6, 6.07) is 7.86. The van der Waals surface area contributed by atoms with Crippen molar-refractivity contribution >= 4 is 23.2 Å². The Bertz CT molecular complexity index is 724. The smallest absolute Gasteiger partial charge is 0.256 e. The molecule has 0 atom stereocenters. The summed E-state index contributed by atoms with van der Waals surface area (Å²) in [4.78, 5) is 15.5. The largest absolute Gasteiger partial charge is 0.364 e. The molecule has 0 saturated heterocycles. The Balaban J connectivity index is 1.81. The van der Waals surface area contributed by atoms with Crippen molar-refractivity contribution in [3.63, 3.8) is 0 Å². The number of aromatic amines is 1. The van der Waals surface area contributed by atoms with Crippen LogP contribution in [-0.2, 0) is 17.6 Å². The van der Waals surface area contributed by atoms with Gasteiger partial charge in [0.15, 0.2) is 0 Å². The molecule has 1 amide bonds. The lowest BCUT2D eigenvalue weighted by Gasteiger charge is -2.11. The van der Waals surface area contributed by atoms with Crippen molar-refractivity contribution in [1.82, 2.24) is 4.98 Å². The fraction of sp³-hybridized carbons (Fsp3) is 0.235. The molecule has 2 heterocycles. The van der Waals surface area contributed by atoms with Gasteiger partial charge >= 0.3 is 0 Å². The normalized spacial score (nSPS) is 18.8. The molecule has 1 aromatic carbocycles. The van der Waals surface area contributed by atoms with E-state index >= 15 is 0 Å². The minimum Gasteiger partial charge on any atom is -0.364 e. The van der Waals surface area contributed by atoms with Crippen LogP contribution in [-0.4, -0.2) is 10.9 Å². The van der Waals surface area contributed by atoms with Crippen LogP contribution in [0.1, 0.15) is 35.2 Å². The maximum atomic E-state index is 12.1. The molecular formula is C17H16N2O. The fourth-order valence-electron chi connectivity index (χ4n) is 3.20. The minimum absolute atomic E-state index is 0.00282. The molecule has 3 nitrogen and oxygen atoms in total. The van der Waals surface area contributed by atoms with E-state index in [2.05, 4.69) is 10.3 Å². The van der Waals surface area contributed by atoms with Crippen molar-refractivity contribution in [1.29, 1.82) is 0 Å². The Labute approximate surface area is 117 Å². The van der Waals surface area contributed by atoms with Crippen molar-refractivity contribution in [3.8, 4) is 0 Å². The number of rotatable bonds is 1. The summed E-state index contributed by atoms with van der Waals surface area (Å²) >= 11 is 0. The molecule has 0 fully saturated rings. The Morgan fingerprint density at radius 3 is 2.90 bits per heavy atom. The fourth-order valence-corrected chi connectivity index (χ4v) is 3.20. The molecule has 20 heavy (non-hydrogen) atoms. The molecule has 0 unspecified atom stereocenters. The van der Waals surface area contributed by atoms with E-state index < -0.39 is 0 Å². The maximum absolute atomic E-state index is 12.1. The van der Waals surface area contributed by atoms with E-state index in [9.17, 15) is 4.79 Å². The number of hydrogen-bond acceptors (Lipinski definition) is 1. The van der Waals surface area contributed by atoms with Crippen LogP contribution in [0.2, 0.25) is 0 Å². The first-order valence-corrected chi connectivity index (χ1v) is 7.14. The average Bonchev–Trinajstić information content (AvgIpc) is 3.02. The van der Waals surface area contributed by atoms with Crippen LogP contribution in [0.3, 0.4) is 0 Å². The highest BCUT2D eigenvalue weighted by Gasteiger charge is 2.24. The quantitative estimate of drug-likeness (QED) is 0.762. The molecule has 2 N–H and O–H groups in total. The van der Waals surface area contributed by atoms with Crippen LogP contribution in [0.25, 0.3) is 11.6 Å². The van der Waals surface area contributed by atoms with Gasteiger partial charge in [-0.3, -0.25) is 4.79 Å². The molecule has 1 aliphatic heterocycles. The topological polar surface area (TPSA) is 44.9 Å². The molecule has 4 rings (SSSR count). The Morgan fingerprint density at radius 1 is 1.10 bits per heavy atom. The van der Waals surface area contributed by atoms with Gasteiger partial charge in [-0.15, -0.1) is 0 Å². The van der Waals surface area contributed by atoms with E-state index in [4.69, 9.17) is 0 Å². The zero-order chi connectivity index (χ0) is 13.5. The van der Waals surface area contributed by atoms with Gasteiger partial charge in [0.05, 0.1) is 0 Å². The number of carbonyl (C=O) groups excluding carboxylic acids is 1. The van der Waals surface area contributed by atoms with E-state index in [1.165, 1.54) is 29.7 Å². The Hall–Kier alpha value is -2.29. The van der Waals surface area contributed by atoms with Crippen LogP contribution in [0, 0.1) is 0 Å². The Morgan fingerprint density at radius 2 is 1.95 bits per heavy atom. The highest BCUT2D eigenvalue weighted by Crippen LogP contribution is 2.34. The third-order valence-corrected chi connectivity index (χ3v) is 4.23. The number of aromatic nitrogens is 1. The highest BCUT2D eigenvalue weighted by atomic mass is 16.2. The summed E-state index contributed by atoms with van der Waals surface area (Å²) in [5, 5.41) is 2.92. The zero-order valence-corrected chi connectivity index (χ0v) is 11.2. The van der Waals surface area contributed by atoms with Crippen molar-refractivity contribution in [2.24, 2.45) is 0 Å². The number of carbonyl (C=O) groups is 1. The van der Waals surface area contributed by atoms with Crippen LogP contribution < -0.4 is 5.32 Å². The molecule has 0 radical (unpaired) electrons. The predicted molar refractivity (Wildman–Crippen MR) is 80.4 cm³/mol. The summed E-state index contributed by atoms with van der Waals surface area (Å²) in [6.45, 7) is 0. The molecule has 0 spiro atoms. The first kappa shape index (κ1) is 11.5. The van der Waals surface area contributed by atoms with Crippen LogP contribution in [0.4, 0.5) is 5.69 Å². The zero-order valence-electron chi connectivity index (χ0n) is 11.2. The van der Waals surface area contributed by atoms with Crippen molar-refractivity contribution in [3.05, 3.63) is 52.8 Å². The van der Waals surface area contributed by atoms with Crippen LogP contribution in [0.15, 0.2) is 30.5 Å². The predicted octanol–water partition coefficient (Wildman–Crippen LogP) is 3.39. The molecule has 3 heteroatoms. The number of anilines is 1. The van der Waals surface area contributed by atoms with Crippen molar-refractivity contribution in [2.75, 3.05) is 5.32 Å². The van der Waals surface area contributed by atoms with E-state index in [0.29, 0.717) is 0 Å². The van der Waals surface area contributed by atoms with Gasteiger partial charge in [-0.2, -0.15) is 0 Å². The van der Waals surface area contributed by atoms with Gasteiger partial charge in [-0.25, -0.2) is 0 Å².